The summed E-state index contributed by atoms with van der Waals surface area (Å²) in [6.07, 6.45) is -1.83. The van der Waals surface area contributed by atoms with Crippen LogP contribution in [0.3, 0.4) is 0 Å². The molecule has 1 saturated carbocycles. The van der Waals surface area contributed by atoms with Gasteiger partial charge in [-0.25, -0.2) is 0 Å². The third-order valence-electron chi connectivity index (χ3n) is 1.37. The standard InChI is InChI=1S/C5H6F3.B.Zn/c6-5(7,8)4-2-1-3-4;;/h1,4H,2-3H2;;/q-1;;. The van der Waals surface area contributed by atoms with Gasteiger partial charge in [0.05, 0.1) is 0 Å². The predicted molar refractivity (Wildman–Crippen MR) is 28.8 cm³/mol. The summed E-state index contributed by atoms with van der Waals surface area (Å²) >= 11 is 0. The van der Waals surface area contributed by atoms with Crippen molar-refractivity contribution in [2.45, 2.75) is 19.0 Å². The van der Waals surface area contributed by atoms with Crippen molar-refractivity contribution in [3.05, 3.63) is 6.42 Å². The number of halogens is 3. The average molecular weight is 199 g/mol. The summed E-state index contributed by atoms with van der Waals surface area (Å²) in [5.41, 5.74) is 0. The number of alkyl halides is 3. The Hall–Kier alpha value is 0.478. The maximum absolute atomic E-state index is 11.5. The molecule has 0 unspecified atom stereocenters. The van der Waals surface area contributed by atoms with Crippen LogP contribution in [0.4, 0.5) is 13.2 Å². The van der Waals surface area contributed by atoms with Crippen molar-refractivity contribution in [3.63, 3.8) is 0 Å². The molecule has 0 aromatic heterocycles. The zero-order chi connectivity index (χ0) is 6.20. The molecular weight excluding hydrogens is 193 g/mol. The molecule has 0 amide bonds. The van der Waals surface area contributed by atoms with Crippen LogP contribution in [0.1, 0.15) is 12.8 Å². The van der Waals surface area contributed by atoms with E-state index >= 15 is 0 Å². The van der Waals surface area contributed by atoms with Crippen LogP contribution in [-0.4, -0.2) is 14.6 Å². The Morgan fingerprint density at radius 1 is 1.20 bits per heavy atom. The Kier molecular flexibility index (Phi) is 5.73. The molecule has 0 heterocycles. The second-order valence-electron chi connectivity index (χ2n) is 2.00. The van der Waals surface area contributed by atoms with Gasteiger partial charge in [0.2, 0.25) is 0 Å². The van der Waals surface area contributed by atoms with Crippen LogP contribution >= 0.6 is 0 Å². The average Bonchev–Trinajstić information content (AvgIpc) is 1.16. The summed E-state index contributed by atoms with van der Waals surface area (Å²) in [7, 11) is 0. The summed E-state index contributed by atoms with van der Waals surface area (Å²) in [4.78, 5) is 0. The molecule has 0 N–H and O–H groups in total. The summed E-state index contributed by atoms with van der Waals surface area (Å²) in [5, 5.41) is 0. The maximum atomic E-state index is 11.5. The van der Waals surface area contributed by atoms with Gasteiger partial charge in [-0.05, 0) is 0 Å². The first-order valence-corrected chi connectivity index (χ1v) is 2.49. The van der Waals surface area contributed by atoms with E-state index in [1.54, 1.807) is 6.42 Å². The third kappa shape index (κ3) is 3.05. The normalized spacial score (nSPS) is 18.3. The molecule has 10 heavy (non-hydrogen) atoms. The molecule has 5 heteroatoms. The molecule has 0 atom stereocenters. The molecule has 3 radical (unpaired) electrons. The molecule has 0 nitrogen and oxygen atoms in total. The molecule has 0 aromatic rings. The molecule has 0 spiro atoms. The van der Waals surface area contributed by atoms with Crippen molar-refractivity contribution in [1.82, 2.24) is 0 Å². The minimum Gasteiger partial charge on any atom is -0.328 e. The van der Waals surface area contributed by atoms with E-state index in [2.05, 4.69) is 0 Å². The van der Waals surface area contributed by atoms with Crippen molar-refractivity contribution >= 4 is 8.41 Å². The van der Waals surface area contributed by atoms with Gasteiger partial charge in [0.15, 0.2) is 0 Å². The number of hydrogen-bond donors (Lipinski definition) is 0. The molecule has 0 bridgehead atoms. The molecule has 53 valence electrons. The van der Waals surface area contributed by atoms with Crippen molar-refractivity contribution < 1.29 is 32.6 Å². The van der Waals surface area contributed by atoms with E-state index in [9.17, 15) is 13.2 Å². The van der Waals surface area contributed by atoms with Gasteiger partial charge in [-0.2, -0.15) is 26.0 Å². The molecule has 0 aliphatic heterocycles. The molecule has 1 aliphatic rings. The number of rotatable bonds is 0. The van der Waals surface area contributed by atoms with Crippen molar-refractivity contribution in [2.24, 2.45) is 5.92 Å². The van der Waals surface area contributed by atoms with Crippen molar-refractivity contribution in [1.29, 1.82) is 0 Å². The van der Waals surface area contributed by atoms with Crippen LogP contribution < -0.4 is 0 Å². The summed E-state index contributed by atoms with van der Waals surface area (Å²) < 4.78 is 34.4. The Morgan fingerprint density at radius 3 is 1.60 bits per heavy atom. The first-order valence-electron chi connectivity index (χ1n) is 2.49. The molecule has 1 aliphatic carbocycles. The molecule has 0 aromatic carbocycles. The predicted octanol–water partition coefficient (Wildman–Crippen LogP) is 1.78. The Labute approximate surface area is 72.9 Å². The fourth-order valence-corrected chi connectivity index (χ4v) is 0.601. The second kappa shape index (κ2) is 4.38. The molecular formula is C5H6BF3Zn-. The number of hydrogen-bond acceptors (Lipinski definition) is 0. The fourth-order valence-electron chi connectivity index (χ4n) is 0.601. The van der Waals surface area contributed by atoms with Crippen molar-refractivity contribution in [2.75, 3.05) is 0 Å². The molecule has 1 fully saturated rings. The third-order valence-corrected chi connectivity index (χ3v) is 1.37. The van der Waals surface area contributed by atoms with Crippen LogP contribution in [0.15, 0.2) is 0 Å². The SMILES string of the molecule is FC(F)(F)C1C[CH-]C1.[B].[Zn]. The van der Waals surface area contributed by atoms with Crippen LogP contribution in [0.25, 0.3) is 0 Å². The molecule has 1 rings (SSSR count). The monoisotopic (exact) mass is 198 g/mol. The van der Waals surface area contributed by atoms with E-state index in [-0.39, 0.29) is 40.7 Å². The topological polar surface area (TPSA) is 0 Å². The van der Waals surface area contributed by atoms with Crippen molar-refractivity contribution in [3.8, 4) is 0 Å². The molecule has 0 saturated heterocycles. The first-order chi connectivity index (χ1) is 3.61. The van der Waals surface area contributed by atoms with Crippen LogP contribution in [0.2, 0.25) is 0 Å². The van der Waals surface area contributed by atoms with E-state index in [1.807, 2.05) is 0 Å². The smallest absolute Gasteiger partial charge is 0.328 e. The Bertz CT molecular complexity index is 89.4. The van der Waals surface area contributed by atoms with Gasteiger partial charge < -0.3 is 6.42 Å². The van der Waals surface area contributed by atoms with Gasteiger partial charge in [-0.3, -0.25) is 0 Å². The maximum Gasteiger partial charge on any atom is 0.386 e. The van der Waals surface area contributed by atoms with E-state index in [0.29, 0.717) is 0 Å². The minimum absolute atomic E-state index is 0. The largest absolute Gasteiger partial charge is 0.386 e. The Morgan fingerprint density at radius 2 is 1.60 bits per heavy atom. The summed E-state index contributed by atoms with van der Waals surface area (Å²) in [6, 6.07) is 0. The second-order valence-corrected chi connectivity index (χ2v) is 2.00. The summed E-state index contributed by atoms with van der Waals surface area (Å²) in [5.74, 6) is -1.03. The van der Waals surface area contributed by atoms with Gasteiger partial charge in [0.1, 0.15) is 0 Å². The minimum atomic E-state index is -3.94. The Balaban J connectivity index is 0. The van der Waals surface area contributed by atoms with Gasteiger partial charge in [0.25, 0.3) is 0 Å². The van der Waals surface area contributed by atoms with E-state index in [1.165, 1.54) is 0 Å². The van der Waals surface area contributed by atoms with E-state index in [0.717, 1.165) is 0 Å². The van der Waals surface area contributed by atoms with Gasteiger partial charge in [-0.15, -0.1) is 0 Å². The summed E-state index contributed by atoms with van der Waals surface area (Å²) in [6.45, 7) is 0. The van der Waals surface area contributed by atoms with Crippen LogP contribution in [0.5, 0.6) is 0 Å². The first kappa shape index (κ1) is 13.1. The van der Waals surface area contributed by atoms with Gasteiger partial charge in [-0.1, -0.05) is 0 Å². The van der Waals surface area contributed by atoms with Gasteiger partial charge >= 0.3 is 6.18 Å². The van der Waals surface area contributed by atoms with Gasteiger partial charge in [0, 0.05) is 33.8 Å². The zero-order valence-corrected chi connectivity index (χ0v) is 8.45. The zero-order valence-electron chi connectivity index (χ0n) is 5.49. The van der Waals surface area contributed by atoms with Crippen LogP contribution in [-0.2, 0) is 19.5 Å². The quantitative estimate of drug-likeness (QED) is 0.412. The fraction of sp³-hybridized carbons (Fsp3) is 0.800. The van der Waals surface area contributed by atoms with E-state index < -0.39 is 12.1 Å². The van der Waals surface area contributed by atoms with Crippen LogP contribution in [0, 0.1) is 12.3 Å². The van der Waals surface area contributed by atoms with E-state index in [4.69, 9.17) is 0 Å².